The first-order chi connectivity index (χ1) is 12.5. The Kier molecular flexibility index (Phi) is 3.67. The monoisotopic (exact) mass is 364 g/mol. The van der Waals surface area contributed by atoms with E-state index in [0.29, 0.717) is 10.8 Å². The molecule has 3 aromatic rings. The van der Waals surface area contributed by atoms with Crippen LogP contribution in [-0.4, -0.2) is 11.6 Å². The first kappa shape index (κ1) is 16.2. The van der Waals surface area contributed by atoms with E-state index in [2.05, 4.69) is 0 Å². The van der Waals surface area contributed by atoms with Gasteiger partial charge in [-0.15, -0.1) is 0 Å². The highest BCUT2D eigenvalue weighted by molar-refractivity contribution is 6.35. The van der Waals surface area contributed by atoms with Crippen molar-refractivity contribution < 1.29 is 14.3 Å². The molecule has 0 unspecified atom stereocenters. The third kappa shape index (κ3) is 2.41. The maximum Gasteiger partial charge on any atom is 0.196 e. The van der Waals surface area contributed by atoms with E-state index in [1.165, 1.54) is 18.2 Å². The van der Waals surface area contributed by atoms with E-state index >= 15 is 0 Å². The average Bonchev–Trinajstić information content (AvgIpc) is 2.63. The van der Waals surface area contributed by atoms with Crippen molar-refractivity contribution in [3.63, 3.8) is 0 Å². The van der Waals surface area contributed by atoms with Crippen LogP contribution in [0.15, 0.2) is 54.6 Å². The SMILES string of the molecule is Nc1cc(Oc2ccccc2)c(N)c2c1C(=O)c1ccc(Cl)cc1C2=O. The summed E-state index contributed by atoms with van der Waals surface area (Å²) in [5, 5.41) is 0.358. The topological polar surface area (TPSA) is 95.4 Å². The molecule has 1 aliphatic carbocycles. The summed E-state index contributed by atoms with van der Waals surface area (Å²) in [5.74, 6) is -0.00260. The fraction of sp³-hybridized carbons (Fsp3) is 0. The lowest BCUT2D eigenvalue weighted by molar-refractivity contribution is 0.0980. The van der Waals surface area contributed by atoms with Crippen molar-refractivity contribution in [2.45, 2.75) is 0 Å². The van der Waals surface area contributed by atoms with Gasteiger partial charge in [-0.1, -0.05) is 29.8 Å². The quantitative estimate of drug-likeness (QED) is 0.523. The normalized spacial score (nSPS) is 12.5. The van der Waals surface area contributed by atoms with Gasteiger partial charge in [0.25, 0.3) is 0 Å². The Bertz CT molecular complexity index is 1080. The maximum atomic E-state index is 13.0. The Morgan fingerprint density at radius 3 is 2.23 bits per heavy atom. The Labute approximate surface area is 154 Å². The molecule has 6 heteroatoms. The molecular weight excluding hydrogens is 352 g/mol. The van der Waals surface area contributed by atoms with Crippen LogP contribution in [0, 0.1) is 0 Å². The number of fused-ring (bicyclic) bond motifs is 2. The smallest absolute Gasteiger partial charge is 0.196 e. The number of carbonyl (C=O) groups excluding carboxylic acids is 2. The van der Waals surface area contributed by atoms with E-state index in [1.54, 1.807) is 30.3 Å². The van der Waals surface area contributed by atoms with Crippen LogP contribution in [-0.2, 0) is 0 Å². The molecule has 0 amide bonds. The Morgan fingerprint density at radius 2 is 1.50 bits per heavy atom. The molecule has 0 aromatic heterocycles. The number of benzene rings is 3. The molecule has 0 atom stereocenters. The lowest BCUT2D eigenvalue weighted by atomic mass is 9.82. The molecule has 0 bridgehead atoms. The molecule has 1 aliphatic rings. The van der Waals surface area contributed by atoms with Gasteiger partial charge < -0.3 is 16.2 Å². The van der Waals surface area contributed by atoms with Gasteiger partial charge in [0.05, 0.1) is 16.8 Å². The molecule has 26 heavy (non-hydrogen) atoms. The standard InChI is InChI=1S/C20H13ClN2O3/c21-10-6-7-12-13(8-10)20(25)17-16(19(12)24)14(22)9-15(18(17)23)26-11-4-2-1-3-5-11/h1-9H,22-23H2. The van der Waals surface area contributed by atoms with Gasteiger partial charge in [-0.3, -0.25) is 9.59 Å². The summed E-state index contributed by atoms with van der Waals surface area (Å²) in [6, 6.07) is 15.0. The van der Waals surface area contributed by atoms with Crippen LogP contribution in [0.5, 0.6) is 11.5 Å². The number of ether oxygens (including phenoxy) is 1. The fourth-order valence-electron chi connectivity index (χ4n) is 3.05. The zero-order valence-corrected chi connectivity index (χ0v) is 14.2. The number of anilines is 2. The molecule has 0 saturated carbocycles. The van der Waals surface area contributed by atoms with Crippen molar-refractivity contribution in [1.82, 2.24) is 0 Å². The van der Waals surface area contributed by atoms with Gasteiger partial charge in [-0.25, -0.2) is 0 Å². The summed E-state index contributed by atoms with van der Waals surface area (Å²) >= 11 is 5.98. The summed E-state index contributed by atoms with van der Waals surface area (Å²) in [6.07, 6.45) is 0. The summed E-state index contributed by atoms with van der Waals surface area (Å²) in [5.41, 5.74) is 13.1. The van der Waals surface area contributed by atoms with Gasteiger partial charge in [-0.05, 0) is 30.3 Å². The Hall–Kier alpha value is -3.31. The highest BCUT2D eigenvalue weighted by Crippen LogP contribution is 2.41. The average molecular weight is 365 g/mol. The lowest BCUT2D eigenvalue weighted by Gasteiger charge is -2.22. The first-order valence-electron chi connectivity index (χ1n) is 7.81. The fourth-order valence-corrected chi connectivity index (χ4v) is 3.22. The Morgan fingerprint density at radius 1 is 0.808 bits per heavy atom. The summed E-state index contributed by atoms with van der Waals surface area (Å²) < 4.78 is 5.76. The van der Waals surface area contributed by atoms with E-state index in [4.69, 9.17) is 27.8 Å². The highest BCUT2D eigenvalue weighted by atomic mass is 35.5. The van der Waals surface area contributed by atoms with Crippen LogP contribution in [0.4, 0.5) is 11.4 Å². The maximum absolute atomic E-state index is 13.0. The van der Waals surface area contributed by atoms with E-state index in [1.807, 2.05) is 6.07 Å². The third-order valence-corrected chi connectivity index (χ3v) is 4.49. The lowest BCUT2D eigenvalue weighted by Crippen LogP contribution is -2.24. The van der Waals surface area contributed by atoms with Gasteiger partial charge in [0.15, 0.2) is 17.3 Å². The predicted octanol–water partition coefficient (Wildman–Crippen LogP) is 4.07. The number of para-hydroxylation sites is 1. The van der Waals surface area contributed by atoms with Gasteiger partial charge in [0.1, 0.15) is 5.75 Å². The molecule has 0 radical (unpaired) electrons. The summed E-state index contributed by atoms with van der Waals surface area (Å²) in [7, 11) is 0. The number of halogens is 1. The van der Waals surface area contributed by atoms with Gasteiger partial charge in [0.2, 0.25) is 0 Å². The highest BCUT2D eigenvalue weighted by Gasteiger charge is 2.34. The van der Waals surface area contributed by atoms with Crippen molar-refractivity contribution in [1.29, 1.82) is 0 Å². The van der Waals surface area contributed by atoms with Crippen LogP contribution in [0.25, 0.3) is 0 Å². The van der Waals surface area contributed by atoms with E-state index in [9.17, 15) is 9.59 Å². The second kappa shape index (κ2) is 5.89. The molecule has 0 fully saturated rings. The molecule has 0 heterocycles. The van der Waals surface area contributed by atoms with E-state index in [-0.39, 0.29) is 45.2 Å². The molecule has 0 saturated heterocycles. The molecular formula is C20H13ClN2O3. The van der Waals surface area contributed by atoms with E-state index < -0.39 is 5.78 Å². The third-order valence-electron chi connectivity index (χ3n) is 4.26. The minimum atomic E-state index is -0.403. The predicted molar refractivity (Wildman–Crippen MR) is 100 cm³/mol. The van der Waals surface area contributed by atoms with Crippen molar-refractivity contribution >= 4 is 34.5 Å². The van der Waals surface area contributed by atoms with Crippen LogP contribution < -0.4 is 16.2 Å². The minimum Gasteiger partial charge on any atom is -0.455 e. The van der Waals surface area contributed by atoms with Crippen molar-refractivity contribution in [3.05, 3.63) is 81.9 Å². The zero-order valence-electron chi connectivity index (χ0n) is 13.5. The number of nitrogens with two attached hydrogens (primary N) is 2. The minimum absolute atomic E-state index is 0.0516. The molecule has 5 nitrogen and oxygen atoms in total. The molecule has 3 aromatic carbocycles. The molecule has 4 N–H and O–H groups in total. The molecule has 128 valence electrons. The Balaban J connectivity index is 1.90. The number of rotatable bonds is 2. The molecule has 0 spiro atoms. The summed E-state index contributed by atoms with van der Waals surface area (Å²) in [4.78, 5) is 25.8. The molecule has 0 aliphatic heterocycles. The number of hydrogen-bond donors (Lipinski definition) is 2. The largest absolute Gasteiger partial charge is 0.455 e. The van der Waals surface area contributed by atoms with Crippen molar-refractivity contribution in [3.8, 4) is 11.5 Å². The van der Waals surface area contributed by atoms with Crippen LogP contribution in [0.3, 0.4) is 0 Å². The van der Waals surface area contributed by atoms with Gasteiger partial charge >= 0.3 is 0 Å². The van der Waals surface area contributed by atoms with E-state index in [0.717, 1.165) is 0 Å². The van der Waals surface area contributed by atoms with Crippen molar-refractivity contribution in [2.75, 3.05) is 11.5 Å². The van der Waals surface area contributed by atoms with Gasteiger partial charge in [0, 0.05) is 27.9 Å². The number of ketones is 2. The van der Waals surface area contributed by atoms with Gasteiger partial charge in [-0.2, -0.15) is 0 Å². The van der Waals surface area contributed by atoms with Crippen LogP contribution in [0.1, 0.15) is 31.8 Å². The van der Waals surface area contributed by atoms with Crippen LogP contribution >= 0.6 is 11.6 Å². The molecule has 4 rings (SSSR count). The number of carbonyl (C=O) groups is 2. The zero-order chi connectivity index (χ0) is 18.4. The number of hydrogen-bond acceptors (Lipinski definition) is 5. The summed E-state index contributed by atoms with van der Waals surface area (Å²) in [6.45, 7) is 0. The van der Waals surface area contributed by atoms with Crippen molar-refractivity contribution in [2.24, 2.45) is 0 Å². The second-order valence-electron chi connectivity index (χ2n) is 5.89. The first-order valence-corrected chi connectivity index (χ1v) is 8.19. The van der Waals surface area contributed by atoms with Crippen LogP contribution in [0.2, 0.25) is 5.02 Å². The second-order valence-corrected chi connectivity index (χ2v) is 6.33. The number of nitrogen functional groups attached to an aromatic ring is 2.